The Labute approximate surface area is 774 Å². The molecule has 732 valence electrons. The van der Waals surface area contributed by atoms with Gasteiger partial charge in [-0.15, -0.1) is 0 Å². The van der Waals surface area contributed by atoms with Gasteiger partial charge in [0.2, 0.25) is 0 Å². The fraction of sp³-hybridized carbons (Fsp3) is 0.441. The number of alkyl halides is 18. The molecule has 12 bridgehead atoms. The van der Waals surface area contributed by atoms with Crippen molar-refractivity contribution < 1.29 is 122 Å². The summed E-state index contributed by atoms with van der Waals surface area (Å²) in [5.41, 5.74) is -4.29. The van der Waals surface area contributed by atoms with E-state index in [1.165, 1.54) is 21.3 Å². The summed E-state index contributed by atoms with van der Waals surface area (Å²) in [5, 5.41) is 13.9. The Kier molecular flexibility index (Phi) is 30.9. The zero-order valence-electron chi connectivity index (χ0n) is 79.1. The maximum Gasteiger partial charge on any atom is 0.416 e. The Morgan fingerprint density at radius 1 is 0.222 bits per heavy atom. The summed E-state index contributed by atoms with van der Waals surface area (Å²) in [7, 11) is 4.55. The maximum atomic E-state index is 14.1. The second-order valence-corrected chi connectivity index (χ2v) is 40.0. The second kappa shape index (κ2) is 39.6. The van der Waals surface area contributed by atoms with Crippen molar-refractivity contribution >= 4 is 35.2 Å². The zero-order chi connectivity index (χ0) is 101. The molecule has 0 aliphatic heterocycles. The first-order valence-corrected chi connectivity index (χ1v) is 43.5. The largest absolute Gasteiger partial charge is 0.496 e. The molecule has 33 heteroatoms. The summed E-state index contributed by atoms with van der Waals surface area (Å²) in [6.45, 7) is 34.0. The molecule has 0 atom stereocenters. The van der Waals surface area contributed by atoms with Crippen molar-refractivity contribution in [3.8, 4) is 34.5 Å². The lowest BCUT2D eigenvalue weighted by Gasteiger charge is -2.29. The highest BCUT2D eigenvalue weighted by Crippen LogP contribution is 2.49. The third kappa shape index (κ3) is 27.2. The van der Waals surface area contributed by atoms with E-state index < -0.39 is 158 Å². The van der Waals surface area contributed by atoms with Crippen LogP contribution in [0.25, 0.3) is 0 Å². The van der Waals surface area contributed by atoms with Gasteiger partial charge in [0.1, 0.15) is 54.3 Å². The molecule has 0 heterocycles. The summed E-state index contributed by atoms with van der Waals surface area (Å²) in [6.07, 6.45) is -31.3. The van der Waals surface area contributed by atoms with Crippen LogP contribution in [0.3, 0.4) is 0 Å². The molecule has 15 nitrogen and oxygen atoms in total. The van der Waals surface area contributed by atoms with Gasteiger partial charge in [-0.25, -0.2) is 14.4 Å². The van der Waals surface area contributed by atoms with Crippen molar-refractivity contribution in [3.63, 3.8) is 0 Å². The van der Waals surface area contributed by atoms with Crippen molar-refractivity contribution in [1.29, 1.82) is 0 Å². The number of carbonyl (C=O) groups is 3. The Bertz CT molecular complexity index is 5060. The molecular weight excluding hydrogens is 1800 g/mol. The standard InChI is InChI=1S/C102H114F18N6O9/c1-91(2,3)67-34-55-28-61-40-70(94(10,11)12)42-63(85(61)133-25-22-121-88(127)124-79-49-73(97(103,104)105)46-74(50-79)98(106,107)108)30-57-36-68(92(4,5)6)38-59(83(57)131-20)32-65-44-72(96(16,17)18)45-66(87(65)135-27-24-123-90(129)126-81-53-77(101(115,116)117)48-78(54-81)102(118,119)120)33-60-39-69(93(7,8)9)37-58(84(60)132-21)31-64-43-71(95(13,14)15)41-62(29-56(35-67)82(55)130-19)86(64)134-26-23-122-89(128)125-80-51-75(99(109,110)111)47-76(52-80)100(112,113)114/h34-54H,22-33H2,1-21H3,(H2,121,124,127)(H2,122,125,128)(H2,123,126,129). The van der Waals surface area contributed by atoms with E-state index in [-0.39, 0.29) is 93.8 Å². The van der Waals surface area contributed by atoms with Gasteiger partial charge in [-0.05, 0) is 187 Å². The lowest BCUT2D eigenvalue weighted by Crippen LogP contribution is -2.32. The van der Waals surface area contributed by atoms with E-state index in [2.05, 4.69) is 31.9 Å². The molecule has 6 N–H and O–H groups in total. The zero-order valence-corrected chi connectivity index (χ0v) is 79.1. The van der Waals surface area contributed by atoms with E-state index >= 15 is 0 Å². The third-order valence-corrected chi connectivity index (χ3v) is 23.0. The first-order chi connectivity index (χ1) is 62.0. The van der Waals surface area contributed by atoms with Crippen LogP contribution in [0.5, 0.6) is 34.5 Å². The average Bonchev–Trinajstić information content (AvgIpc) is 0.757. The molecule has 6 amide bonds. The van der Waals surface area contributed by atoms with E-state index in [4.69, 9.17) is 28.4 Å². The van der Waals surface area contributed by atoms with Gasteiger partial charge in [0.25, 0.3) is 0 Å². The quantitative estimate of drug-likeness (QED) is 0.0360. The number of hydrogen-bond donors (Lipinski definition) is 6. The number of methoxy groups -OCH3 is 3. The minimum atomic E-state index is -5.24. The van der Waals surface area contributed by atoms with Crippen molar-refractivity contribution in [2.75, 3.05) is 76.7 Å². The number of nitrogens with one attached hydrogen (secondary N) is 6. The summed E-state index contributed by atoms with van der Waals surface area (Å²) in [4.78, 5) is 41.3. The molecule has 0 spiro atoms. The van der Waals surface area contributed by atoms with E-state index in [1.54, 1.807) is 0 Å². The Hall–Kier alpha value is -11.7. The van der Waals surface area contributed by atoms with Gasteiger partial charge in [0.05, 0.1) is 74.3 Å². The number of hydrogen-bond acceptors (Lipinski definition) is 9. The van der Waals surface area contributed by atoms with Gasteiger partial charge in [0, 0.05) is 55.6 Å². The van der Waals surface area contributed by atoms with Gasteiger partial charge in [-0.3, -0.25) is 0 Å². The number of benzene rings is 9. The third-order valence-electron chi connectivity index (χ3n) is 23.0. The first-order valence-electron chi connectivity index (χ1n) is 43.5. The second-order valence-electron chi connectivity index (χ2n) is 40.0. The maximum absolute atomic E-state index is 14.1. The number of fused-ring (bicyclic) bond motifs is 12. The molecule has 0 unspecified atom stereocenters. The number of urea groups is 3. The Morgan fingerprint density at radius 3 is 0.489 bits per heavy atom. The molecule has 0 saturated heterocycles. The van der Waals surface area contributed by atoms with Crippen molar-refractivity contribution in [3.05, 3.63) is 261 Å². The van der Waals surface area contributed by atoms with Crippen LogP contribution in [0, 0.1) is 0 Å². The minimum Gasteiger partial charge on any atom is -0.496 e. The molecule has 9 aromatic carbocycles. The molecule has 0 fully saturated rings. The Balaban J connectivity index is 1.24. The summed E-state index contributed by atoms with van der Waals surface area (Å²) >= 11 is 0. The van der Waals surface area contributed by atoms with Crippen molar-refractivity contribution in [1.82, 2.24) is 16.0 Å². The number of carbonyl (C=O) groups excluding carboxylic acids is 3. The monoisotopic (exact) mass is 1910 g/mol. The van der Waals surface area contributed by atoms with Crippen molar-refractivity contribution in [2.24, 2.45) is 0 Å². The smallest absolute Gasteiger partial charge is 0.416 e. The molecule has 1 aliphatic carbocycles. The SMILES string of the molecule is COc1c2cc(C(C)(C)C)cc1Cc1cc(C(C)(C)C)cc(c1OCCNC(=O)Nc1cc(C(F)(F)F)cc(C(F)(F)F)c1)Cc1cc(C(C)(C)C)cc(c1OC)Cc1cc(C(C)(C)C)cc(c1OCCNC(=O)Nc1cc(C(F)(F)F)cc(C(F)(F)F)c1)Cc1cc(C(C)(C)C)cc(c1OC)Cc1cc(C(C)(C)C)cc(c1OCCNC(=O)Nc1cc(C(F)(F)F)cc(C(F)(F)F)c1)C2. The Morgan fingerprint density at radius 2 is 0.363 bits per heavy atom. The number of ether oxygens (including phenoxy) is 6. The molecule has 10 rings (SSSR count). The van der Waals surface area contributed by atoms with Crippen LogP contribution in [0.2, 0.25) is 0 Å². The van der Waals surface area contributed by atoms with Gasteiger partial charge in [0.15, 0.2) is 0 Å². The van der Waals surface area contributed by atoms with Crippen molar-refractivity contribution in [2.45, 2.75) is 233 Å². The first kappa shape index (κ1) is 105. The van der Waals surface area contributed by atoms with Crippen LogP contribution >= 0.6 is 0 Å². The van der Waals surface area contributed by atoms with E-state index in [9.17, 15) is 93.4 Å². The molecule has 135 heavy (non-hydrogen) atoms. The summed E-state index contributed by atoms with van der Waals surface area (Å²) < 4.78 is 295. The normalized spacial score (nSPS) is 13.5. The number of halogens is 18. The summed E-state index contributed by atoms with van der Waals surface area (Å²) in [6, 6.07) is 22.4. The molecule has 9 aromatic rings. The average molecular weight is 1910 g/mol. The minimum absolute atomic E-state index is 0.0322. The van der Waals surface area contributed by atoms with Gasteiger partial charge in [-0.2, -0.15) is 79.0 Å². The van der Waals surface area contributed by atoms with E-state index in [1.807, 2.05) is 197 Å². The molecular formula is C102H114F18N6O9. The predicted molar refractivity (Wildman–Crippen MR) is 484 cm³/mol. The van der Waals surface area contributed by atoms with E-state index in [0.717, 1.165) is 33.4 Å². The number of amides is 6. The molecule has 0 aromatic heterocycles. The van der Waals surface area contributed by atoms with Gasteiger partial charge in [-0.1, -0.05) is 197 Å². The van der Waals surface area contributed by atoms with Crippen LogP contribution in [-0.4, -0.2) is 78.9 Å². The summed E-state index contributed by atoms with van der Waals surface area (Å²) in [5.74, 6) is 2.03. The number of anilines is 3. The van der Waals surface area contributed by atoms with Gasteiger partial charge < -0.3 is 60.3 Å². The highest BCUT2D eigenvalue weighted by atomic mass is 19.4. The highest BCUT2D eigenvalue weighted by Gasteiger charge is 2.42. The predicted octanol–water partition coefficient (Wildman–Crippen LogP) is 27.1. The molecule has 0 radical (unpaired) electrons. The van der Waals surface area contributed by atoms with Crippen LogP contribution in [0.15, 0.2) is 127 Å². The highest BCUT2D eigenvalue weighted by molar-refractivity contribution is 5.91. The van der Waals surface area contributed by atoms with Gasteiger partial charge >= 0.3 is 55.2 Å². The lowest BCUT2D eigenvalue weighted by molar-refractivity contribution is -0.144. The van der Waals surface area contributed by atoms with Crippen LogP contribution in [0.1, 0.15) is 258 Å². The van der Waals surface area contributed by atoms with Crippen LogP contribution in [-0.2, 0) is 108 Å². The fourth-order valence-corrected chi connectivity index (χ4v) is 15.8. The lowest BCUT2D eigenvalue weighted by atomic mass is 9.79. The topological polar surface area (TPSA) is 179 Å². The number of rotatable bonds is 18. The van der Waals surface area contributed by atoms with Crippen LogP contribution in [0.4, 0.5) is 110 Å². The van der Waals surface area contributed by atoms with E-state index in [0.29, 0.717) is 120 Å². The molecule has 0 saturated carbocycles. The van der Waals surface area contributed by atoms with Crippen LogP contribution < -0.4 is 60.3 Å². The molecule has 1 aliphatic rings. The fourth-order valence-electron chi connectivity index (χ4n) is 15.8.